The zero-order chi connectivity index (χ0) is 58.4. The van der Waals surface area contributed by atoms with E-state index in [-0.39, 0.29) is 58.1 Å². The van der Waals surface area contributed by atoms with E-state index < -0.39 is 23.3 Å². The van der Waals surface area contributed by atoms with Gasteiger partial charge in [0.2, 0.25) is 11.8 Å². The highest BCUT2D eigenvalue weighted by Crippen LogP contribution is 2.37. The summed E-state index contributed by atoms with van der Waals surface area (Å²) in [5, 5.41) is 30.2. The van der Waals surface area contributed by atoms with Gasteiger partial charge >= 0.3 is 6.09 Å². The number of nitrogens with zero attached hydrogens (tertiary/aromatic N) is 8. The Morgan fingerprint density at radius 2 is 1.16 bits per heavy atom. The Labute approximate surface area is 484 Å². The molecule has 1 amide bonds. The first-order valence-corrected chi connectivity index (χ1v) is 28.1. The maximum Gasteiger partial charge on any atom is 0.407 e. The molecule has 2 aromatic carbocycles. The number of methoxy groups -OCH3 is 1. The van der Waals surface area contributed by atoms with Crippen LogP contribution in [0.15, 0.2) is 108 Å². The number of hydrogen-bond donors (Lipinski definition) is 7. The number of carbonyl (C=O) groups is 1. The Balaban J connectivity index is 0.000000201. The van der Waals surface area contributed by atoms with Crippen LogP contribution in [0.4, 0.5) is 36.3 Å². The quantitative estimate of drug-likeness (QED) is 0.0395. The van der Waals surface area contributed by atoms with Gasteiger partial charge in [0.1, 0.15) is 28.9 Å². The van der Waals surface area contributed by atoms with Gasteiger partial charge in [0.25, 0.3) is 0 Å². The molecule has 2 aliphatic rings. The Kier molecular flexibility index (Phi) is 18.1. The summed E-state index contributed by atoms with van der Waals surface area (Å²) in [5.74, 6) is -0.143. The number of carbonyl (C=O) groups excluding carboxylic acids is 1. The fourth-order valence-electron chi connectivity index (χ4n) is 10.3. The van der Waals surface area contributed by atoms with Crippen LogP contribution >= 0.6 is 23.2 Å². The molecule has 22 heteroatoms. The molecule has 2 aliphatic carbocycles. The summed E-state index contributed by atoms with van der Waals surface area (Å²) < 4.78 is 42.3. The molecule has 6 heterocycles. The first-order chi connectivity index (χ1) is 39.3. The number of rotatable bonds is 14. The van der Waals surface area contributed by atoms with Gasteiger partial charge in [0.05, 0.1) is 74.5 Å². The fraction of sp³-hybridized carbons (Fsp3) is 0.350. The van der Waals surface area contributed by atoms with Crippen molar-refractivity contribution in [2.45, 2.75) is 129 Å². The number of ether oxygens (including phenoxy) is 2. The second kappa shape index (κ2) is 25.4. The van der Waals surface area contributed by atoms with Crippen molar-refractivity contribution < 1.29 is 28.2 Å². The molecule has 2 saturated carbocycles. The van der Waals surface area contributed by atoms with Crippen molar-refractivity contribution in [2.24, 2.45) is 27.2 Å². The Morgan fingerprint density at radius 1 is 0.695 bits per heavy atom. The number of hydrogen-bond acceptors (Lipinski definition) is 13. The van der Waals surface area contributed by atoms with Crippen molar-refractivity contribution in [3.63, 3.8) is 0 Å². The Bertz CT molecular complexity index is 3680. The average Bonchev–Trinajstić information content (AvgIpc) is 4.31. The molecule has 8 aromatic rings. The van der Waals surface area contributed by atoms with Gasteiger partial charge in [-0.2, -0.15) is 10.2 Å². The molecule has 0 atom stereocenters. The maximum absolute atomic E-state index is 14.0. The highest BCUT2D eigenvalue weighted by Gasteiger charge is 2.28. The summed E-state index contributed by atoms with van der Waals surface area (Å²) in [4.78, 5) is 29.7. The van der Waals surface area contributed by atoms with Crippen LogP contribution in [0.25, 0.3) is 33.3 Å². The van der Waals surface area contributed by atoms with E-state index in [0.717, 1.165) is 120 Å². The number of nitrogens with one attached hydrogen (secondary N) is 3. The second-order valence-electron chi connectivity index (χ2n) is 21.6. The number of aromatic nitrogens is 6. The van der Waals surface area contributed by atoms with Gasteiger partial charge in [-0.1, -0.05) is 37.0 Å². The van der Waals surface area contributed by atoms with E-state index in [2.05, 4.69) is 53.0 Å². The number of alkyl carbamates (subject to hydrolysis) is 1. The zero-order valence-corrected chi connectivity index (χ0v) is 48.1. The number of aromatic hydroxyl groups is 1. The topological polar surface area (TPSA) is 255 Å². The predicted molar refractivity (Wildman–Crippen MR) is 320 cm³/mol. The van der Waals surface area contributed by atoms with Crippen LogP contribution in [0.1, 0.15) is 108 Å². The molecule has 18 nitrogen and oxygen atoms in total. The van der Waals surface area contributed by atoms with Crippen LogP contribution in [0, 0.1) is 11.6 Å². The number of amides is 1. The zero-order valence-electron chi connectivity index (χ0n) is 46.6. The van der Waals surface area contributed by atoms with Crippen molar-refractivity contribution >= 4 is 74.7 Å². The van der Waals surface area contributed by atoms with E-state index in [1.54, 1.807) is 40.8 Å². The highest BCUT2D eigenvalue weighted by molar-refractivity contribution is 6.33. The van der Waals surface area contributed by atoms with Crippen LogP contribution in [0.5, 0.6) is 11.8 Å². The summed E-state index contributed by atoms with van der Waals surface area (Å²) in [5.41, 5.74) is 29.1. The molecule has 2 fully saturated rings. The number of halogens is 4. The normalized spacial score (nSPS) is 17.7. The number of aryl methyl sites for hydroxylation is 2. The van der Waals surface area contributed by atoms with Crippen LogP contribution in [-0.2, 0) is 17.6 Å². The molecule has 0 bridgehead atoms. The smallest absolute Gasteiger partial charge is 0.407 e. The minimum atomic E-state index is -0.557. The van der Waals surface area contributed by atoms with E-state index in [9.17, 15) is 18.7 Å². The standard InChI is InChI=1S/C33H39ClFN7O3.C27H29ClFN7O/c1-6-19-16-37-29(44-5)15-24(19)20-13-28-30(39-22-8-10-23(11-9-22)40-32(43)45-33(2,3)4)25(17-38-42(28)18-20)31(36)41-27-14-21(35)7-12-26(27)34;1-2-15-12-32-25(37)11-20(15)16-9-24-26(34-19-6-4-18(30)5-7-19)21(13-33-36(24)14-16)27(31)35-23-10-17(29)3-8-22(23)28/h7,12-18,22-23,39H,6,8-11H2,1-5H3,(H2,36,41)(H,40,43);3,8-14,18-19,34H,2,4-7,30H2,1H3,(H2,31,35)(H,32,37)/t22-,23-;18-,19-. The molecule has 0 saturated heterocycles. The second-order valence-corrected chi connectivity index (χ2v) is 22.4. The molecule has 0 radical (unpaired) electrons. The highest BCUT2D eigenvalue weighted by atomic mass is 35.5. The molecule has 0 unspecified atom stereocenters. The number of amidine groups is 2. The first kappa shape index (κ1) is 58.6. The summed E-state index contributed by atoms with van der Waals surface area (Å²) in [6.45, 7) is 9.66. The number of pyridine rings is 2. The van der Waals surface area contributed by atoms with Crippen molar-refractivity contribution in [2.75, 3.05) is 17.7 Å². The summed E-state index contributed by atoms with van der Waals surface area (Å²) in [6, 6.07) is 16.1. The molecule has 10 N–H and O–H groups in total. The monoisotopic (exact) mass is 1160 g/mol. The third kappa shape index (κ3) is 14.0. The third-order valence-electron chi connectivity index (χ3n) is 14.6. The van der Waals surface area contributed by atoms with Crippen LogP contribution in [-0.4, -0.2) is 88.9 Å². The van der Waals surface area contributed by atoms with Crippen molar-refractivity contribution in [3.05, 3.63) is 142 Å². The number of aliphatic imine (C=N–C) groups is 2. The van der Waals surface area contributed by atoms with E-state index >= 15 is 0 Å². The molecule has 10 rings (SSSR count). The van der Waals surface area contributed by atoms with Gasteiger partial charge < -0.3 is 47.7 Å². The maximum atomic E-state index is 14.0. The Hall–Kier alpha value is -8.07. The van der Waals surface area contributed by atoms with Gasteiger partial charge in [-0.05, 0) is 144 Å². The molecule has 82 heavy (non-hydrogen) atoms. The Morgan fingerprint density at radius 3 is 1.63 bits per heavy atom. The lowest BCUT2D eigenvalue weighted by Crippen LogP contribution is -2.42. The average molecular weight is 1160 g/mol. The summed E-state index contributed by atoms with van der Waals surface area (Å²) >= 11 is 12.6. The molecule has 430 valence electrons. The molecular weight excluding hydrogens is 1090 g/mol. The van der Waals surface area contributed by atoms with Crippen molar-refractivity contribution in [3.8, 4) is 34.0 Å². The summed E-state index contributed by atoms with van der Waals surface area (Å²) in [7, 11) is 1.59. The number of benzene rings is 2. The van der Waals surface area contributed by atoms with Gasteiger partial charge in [-0.3, -0.25) is 0 Å². The van der Waals surface area contributed by atoms with E-state index in [1.165, 1.54) is 36.4 Å². The van der Waals surface area contributed by atoms with Gasteiger partial charge in [0, 0.05) is 84.3 Å². The largest absolute Gasteiger partial charge is 0.493 e. The molecule has 0 aliphatic heterocycles. The van der Waals surface area contributed by atoms with E-state index in [0.29, 0.717) is 22.0 Å². The van der Waals surface area contributed by atoms with Gasteiger partial charge in [-0.25, -0.2) is 42.6 Å². The van der Waals surface area contributed by atoms with Crippen LogP contribution in [0.2, 0.25) is 10.0 Å². The number of anilines is 2. The minimum Gasteiger partial charge on any atom is -0.493 e. The van der Waals surface area contributed by atoms with Gasteiger partial charge in [0.15, 0.2) is 0 Å². The SMILES string of the molecule is CCc1cnc(O)cc1-c1cc2c(N[C@H]3CC[C@H](N)CC3)c(C(N)=Nc3cc(F)ccc3Cl)cnn2c1.CCc1cnc(OC)cc1-c1cc2c(N[C@H]3CC[C@H](NC(=O)OC(C)(C)C)CC3)c(C(N)=Nc3cc(F)ccc3Cl)cnn2c1. The molecule has 6 aromatic heterocycles. The minimum absolute atomic E-state index is 0.0191. The fourth-order valence-corrected chi connectivity index (χ4v) is 10.6. The van der Waals surface area contributed by atoms with Crippen LogP contribution < -0.4 is 37.9 Å². The first-order valence-electron chi connectivity index (χ1n) is 27.4. The molecular formula is C60H68Cl2F2N14O4. The molecule has 0 spiro atoms. The van der Waals surface area contributed by atoms with E-state index in [4.69, 9.17) is 49.9 Å². The van der Waals surface area contributed by atoms with Crippen LogP contribution in [0.3, 0.4) is 0 Å². The van der Waals surface area contributed by atoms with E-state index in [1.807, 2.05) is 64.5 Å². The summed E-state index contributed by atoms with van der Waals surface area (Å²) in [6.07, 6.45) is 18.7. The van der Waals surface area contributed by atoms with Crippen molar-refractivity contribution in [1.82, 2.24) is 34.5 Å². The third-order valence-corrected chi connectivity index (χ3v) is 15.2. The lowest BCUT2D eigenvalue weighted by molar-refractivity contribution is 0.0492. The lowest BCUT2D eigenvalue weighted by atomic mass is 9.91. The predicted octanol–water partition coefficient (Wildman–Crippen LogP) is 12.2. The number of nitrogens with two attached hydrogens (primary N) is 3. The van der Waals surface area contributed by atoms with Gasteiger partial charge in [-0.15, -0.1) is 0 Å². The lowest BCUT2D eigenvalue weighted by Gasteiger charge is -2.31. The number of fused-ring (bicyclic) bond motifs is 2. The van der Waals surface area contributed by atoms with Crippen molar-refractivity contribution in [1.29, 1.82) is 0 Å².